The van der Waals surface area contributed by atoms with Gasteiger partial charge in [0.05, 0.1) is 7.11 Å². The second-order valence-corrected chi connectivity index (χ2v) is 5.18. The summed E-state index contributed by atoms with van der Waals surface area (Å²) < 4.78 is 5.18. The number of nitrogen functional groups attached to an aromatic ring is 1. The van der Waals surface area contributed by atoms with Crippen molar-refractivity contribution in [3.8, 4) is 5.75 Å². The molecule has 2 N–H and O–H groups in total. The molecule has 0 aromatic heterocycles. The summed E-state index contributed by atoms with van der Waals surface area (Å²) in [5.41, 5.74) is 8.10. The lowest BCUT2D eigenvalue weighted by Gasteiger charge is -2.34. The Hall–Kier alpha value is -1.26. The van der Waals surface area contributed by atoms with E-state index in [2.05, 4.69) is 22.8 Å². The highest BCUT2D eigenvalue weighted by Gasteiger charge is 2.16. The van der Waals surface area contributed by atoms with Crippen LogP contribution in [0.15, 0.2) is 18.2 Å². The molecule has 1 aliphatic rings. The summed E-state index contributed by atoms with van der Waals surface area (Å²) in [6.07, 6.45) is 1.24. The first-order valence-electron chi connectivity index (χ1n) is 7.10. The van der Waals surface area contributed by atoms with Crippen LogP contribution in [0.3, 0.4) is 0 Å². The number of piperazine rings is 1. The van der Waals surface area contributed by atoms with E-state index >= 15 is 0 Å². The monoisotopic (exact) mass is 263 g/mol. The van der Waals surface area contributed by atoms with Crippen LogP contribution in [0, 0.1) is 0 Å². The molecule has 1 saturated heterocycles. The molecule has 0 atom stereocenters. The van der Waals surface area contributed by atoms with Gasteiger partial charge in [0.2, 0.25) is 0 Å². The third kappa shape index (κ3) is 3.85. The predicted molar refractivity (Wildman–Crippen MR) is 79.4 cm³/mol. The number of anilines is 1. The minimum Gasteiger partial charge on any atom is -0.497 e. The van der Waals surface area contributed by atoms with Crippen molar-refractivity contribution in [1.82, 2.24) is 9.80 Å². The summed E-state index contributed by atoms with van der Waals surface area (Å²) in [4.78, 5) is 5.01. The van der Waals surface area contributed by atoms with Crippen LogP contribution in [0.25, 0.3) is 0 Å². The quantitative estimate of drug-likeness (QED) is 0.823. The molecule has 0 unspecified atom stereocenters. The molecule has 106 valence electrons. The maximum Gasteiger partial charge on any atom is 0.120 e. The zero-order valence-electron chi connectivity index (χ0n) is 12.1. The number of rotatable bonds is 5. The SMILES string of the molecule is CCCN1CCN(Cc2ccc(OC)cc2N)CC1. The summed E-state index contributed by atoms with van der Waals surface area (Å²) in [7, 11) is 1.67. The average Bonchev–Trinajstić information content (AvgIpc) is 2.43. The van der Waals surface area contributed by atoms with E-state index in [4.69, 9.17) is 10.5 Å². The molecule has 1 aromatic rings. The normalized spacial score (nSPS) is 17.6. The van der Waals surface area contributed by atoms with Crippen LogP contribution < -0.4 is 10.5 Å². The minimum absolute atomic E-state index is 0.828. The molecule has 1 heterocycles. The Morgan fingerprint density at radius 2 is 1.84 bits per heavy atom. The average molecular weight is 263 g/mol. The molecule has 1 fully saturated rings. The predicted octanol–water partition coefficient (Wildman–Crippen LogP) is 1.80. The van der Waals surface area contributed by atoms with Crippen LogP contribution in [-0.2, 0) is 6.54 Å². The van der Waals surface area contributed by atoms with Gasteiger partial charge in [0.1, 0.15) is 5.75 Å². The zero-order chi connectivity index (χ0) is 13.7. The summed E-state index contributed by atoms with van der Waals surface area (Å²) in [6.45, 7) is 9.00. The molecule has 0 spiro atoms. The van der Waals surface area contributed by atoms with Gasteiger partial charge in [-0.05, 0) is 24.6 Å². The number of hydrogen-bond acceptors (Lipinski definition) is 4. The Bertz CT molecular complexity index is 400. The molecule has 19 heavy (non-hydrogen) atoms. The van der Waals surface area contributed by atoms with Crippen LogP contribution >= 0.6 is 0 Å². The lowest BCUT2D eigenvalue weighted by molar-refractivity contribution is 0.127. The maximum absolute atomic E-state index is 6.07. The first-order valence-corrected chi connectivity index (χ1v) is 7.10. The van der Waals surface area contributed by atoms with Crippen LogP contribution in [0.5, 0.6) is 5.75 Å². The van der Waals surface area contributed by atoms with Gasteiger partial charge in [-0.15, -0.1) is 0 Å². The molecule has 4 nitrogen and oxygen atoms in total. The van der Waals surface area contributed by atoms with Gasteiger partial charge in [0.25, 0.3) is 0 Å². The van der Waals surface area contributed by atoms with Crippen molar-refractivity contribution in [3.05, 3.63) is 23.8 Å². The van der Waals surface area contributed by atoms with Gasteiger partial charge in [-0.2, -0.15) is 0 Å². The second-order valence-electron chi connectivity index (χ2n) is 5.18. The number of benzene rings is 1. The largest absolute Gasteiger partial charge is 0.497 e. The Balaban J connectivity index is 1.88. The summed E-state index contributed by atoms with van der Waals surface area (Å²) >= 11 is 0. The topological polar surface area (TPSA) is 41.7 Å². The van der Waals surface area contributed by atoms with Crippen molar-refractivity contribution in [2.45, 2.75) is 19.9 Å². The number of hydrogen-bond donors (Lipinski definition) is 1. The first-order chi connectivity index (χ1) is 9.22. The molecular formula is C15H25N3O. The number of ether oxygens (including phenoxy) is 1. The molecular weight excluding hydrogens is 238 g/mol. The Labute approximate surface area is 116 Å². The van der Waals surface area contributed by atoms with Crippen LogP contribution in [0.1, 0.15) is 18.9 Å². The summed E-state index contributed by atoms with van der Waals surface area (Å²) in [5.74, 6) is 0.828. The van der Waals surface area contributed by atoms with Crippen molar-refractivity contribution in [2.75, 3.05) is 45.6 Å². The van der Waals surface area contributed by atoms with E-state index in [9.17, 15) is 0 Å². The van der Waals surface area contributed by atoms with Gasteiger partial charge >= 0.3 is 0 Å². The smallest absolute Gasteiger partial charge is 0.120 e. The third-order valence-electron chi connectivity index (χ3n) is 3.75. The lowest BCUT2D eigenvalue weighted by atomic mass is 10.1. The van der Waals surface area contributed by atoms with Crippen LogP contribution in [0.4, 0.5) is 5.69 Å². The number of nitrogens with two attached hydrogens (primary N) is 1. The van der Waals surface area contributed by atoms with E-state index in [-0.39, 0.29) is 0 Å². The molecule has 1 aliphatic heterocycles. The molecule has 0 aliphatic carbocycles. The molecule has 0 saturated carbocycles. The number of nitrogens with zero attached hydrogens (tertiary/aromatic N) is 2. The highest BCUT2D eigenvalue weighted by Crippen LogP contribution is 2.21. The van der Waals surface area contributed by atoms with E-state index in [0.717, 1.165) is 31.1 Å². The molecule has 2 rings (SSSR count). The van der Waals surface area contributed by atoms with E-state index in [1.54, 1.807) is 7.11 Å². The highest BCUT2D eigenvalue weighted by molar-refractivity contribution is 5.51. The van der Waals surface area contributed by atoms with Crippen LogP contribution in [0.2, 0.25) is 0 Å². The number of methoxy groups -OCH3 is 1. The van der Waals surface area contributed by atoms with E-state index in [1.165, 1.54) is 31.6 Å². The van der Waals surface area contributed by atoms with E-state index in [0.29, 0.717) is 0 Å². The van der Waals surface area contributed by atoms with Gasteiger partial charge in [-0.3, -0.25) is 4.90 Å². The molecule has 0 radical (unpaired) electrons. The van der Waals surface area contributed by atoms with Crippen molar-refractivity contribution in [3.63, 3.8) is 0 Å². The van der Waals surface area contributed by atoms with Gasteiger partial charge in [0.15, 0.2) is 0 Å². The van der Waals surface area contributed by atoms with E-state index in [1.807, 2.05) is 12.1 Å². The van der Waals surface area contributed by atoms with Crippen molar-refractivity contribution < 1.29 is 4.74 Å². The van der Waals surface area contributed by atoms with E-state index < -0.39 is 0 Å². The molecule has 0 amide bonds. The standard InChI is InChI=1S/C15H25N3O/c1-3-6-17-7-9-18(10-8-17)12-13-4-5-14(19-2)11-15(13)16/h4-5,11H,3,6-10,12,16H2,1-2H3. The third-order valence-corrected chi connectivity index (χ3v) is 3.75. The fourth-order valence-electron chi connectivity index (χ4n) is 2.57. The highest BCUT2D eigenvalue weighted by atomic mass is 16.5. The Kier molecular flexibility index (Phi) is 5.05. The summed E-state index contributed by atoms with van der Waals surface area (Å²) in [5, 5.41) is 0. The van der Waals surface area contributed by atoms with Crippen molar-refractivity contribution >= 4 is 5.69 Å². The molecule has 4 heteroatoms. The van der Waals surface area contributed by atoms with Crippen LogP contribution in [-0.4, -0.2) is 49.6 Å². The minimum atomic E-state index is 0.828. The summed E-state index contributed by atoms with van der Waals surface area (Å²) in [6, 6.07) is 5.97. The Morgan fingerprint density at radius 3 is 2.42 bits per heavy atom. The molecule has 1 aromatic carbocycles. The van der Waals surface area contributed by atoms with Crippen molar-refractivity contribution in [2.24, 2.45) is 0 Å². The maximum atomic E-state index is 6.07. The zero-order valence-corrected chi connectivity index (χ0v) is 12.1. The van der Waals surface area contributed by atoms with Crippen molar-refractivity contribution in [1.29, 1.82) is 0 Å². The Morgan fingerprint density at radius 1 is 1.16 bits per heavy atom. The first kappa shape index (κ1) is 14.2. The van der Waals surface area contributed by atoms with Gasteiger partial charge < -0.3 is 15.4 Å². The van der Waals surface area contributed by atoms with Gasteiger partial charge in [-0.1, -0.05) is 13.0 Å². The van der Waals surface area contributed by atoms with Gasteiger partial charge in [-0.25, -0.2) is 0 Å². The van der Waals surface area contributed by atoms with Gasteiger partial charge in [0, 0.05) is 44.5 Å². The fraction of sp³-hybridized carbons (Fsp3) is 0.600. The fourth-order valence-corrected chi connectivity index (χ4v) is 2.57. The lowest BCUT2D eigenvalue weighted by Crippen LogP contribution is -2.46. The molecule has 0 bridgehead atoms. The second kappa shape index (κ2) is 6.78.